The minimum Gasteiger partial charge on any atom is -0.353 e. The number of amides is 1. The van der Waals surface area contributed by atoms with Gasteiger partial charge in [0, 0.05) is 29.8 Å². The van der Waals surface area contributed by atoms with Crippen molar-refractivity contribution in [1.82, 2.24) is 5.32 Å². The van der Waals surface area contributed by atoms with Gasteiger partial charge in [-0.15, -0.1) is 0 Å². The molecule has 3 rings (SSSR count). The van der Waals surface area contributed by atoms with Gasteiger partial charge in [0.1, 0.15) is 5.82 Å². The van der Waals surface area contributed by atoms with Crippen molar-refractivity contribution in [2.75, 3.05) is 0 Å². The molecule has 1 amide bonds. The summed E-state index contributed by atoms with van der Waals surface area (Å²) >= 11 is 0. The summed E-state index contributed by atoms with van der Waals surface area (Å²) in [6.45, 7) is 8.69. The first-order chi connectivity index (χ1) is 15.8. The molecule has 5 heteroatoms. The first kappa shape index (κ1) is 25.3. The van der Waals surface area contributed by atoms with E-state index in [2.05, 4.69) is 39.1 Å². The number of nitrogens with zero attached hydrogens (tertiary/aromatic N) is 1. The Hall–Kier alpha value is -2.30. The van der Waals surface area contributed by atoms with Gasteiger partial charge in [-0.3, -0.25) is 9.79 Å². The van der Waals surface area contributed by atoms with Crippen LogP contribution in [0.5, 0.6) is 0 Å². The maximum atomic E-state index is 13.3. The number of carbonyl (C=O) groups excluding carboxylic acids is 1. The predicted molar refractivity (Wildman–Crippen MR) is 135 cm³/mol. The van der Waals surface area contributed by atoms with E-state index in [1.165, 1.54) is 23.9 Å². The van der Waals surface area contributed by atoms with E-state index in [9.17, 15) is 9.18 Å². The molecule has 1 aromatic rings. The average Bonchev–Trinajstić information content (AvgIpc) is 3.10. The molecule has 4 unspecified atom stereocenters. The highest BCUT2D eigenvalue weighted by molar-refractivity contribution is 6.07. The minimum atomic E-state index is -0.270. The largest absolute Gasteiger partial charge is 0.353 e. The Morgan fingerprint density at radius 3 is 2.58 bits per heavy atom. The molecule has 0 aliphatic heterocycles. The van der Waals surface area contributed by atoms with Crippen molar-refractivity contribution in [3.63, 3.8) is 0 Å². The zero-order chi connectivity index (χ0) is 24.0. The molecule has 0 aromatic heterocycles. The second kappa shape index (κ2) is 11.2. The Bertz CT molecular complexity index is 887. The number of rotatable bonds is 10. The Labute approximate surface area is 198 Å². The van der Waals surface area contributed by atoms with Crippen molar-refractivity contribution in [3.8, 4) is 0 Å². The van der Waals surface area contributed by atoms with Crippen molar-refractivity contribution in [2.45, 2.75) is 85.1 Å². The van der Waals surface area contributed by atoms with E-state index < -0.39 is 0 Å². The number of fused-ring (bicyclic) bond motifs is 1. The molecule has 0 radical (unpaired) electrons. The Kier molecular flexibility index (Phi) is 8.61. The SMILES string of the molecule is CCCC(CC1CCC2=CC(=Nc3ccc(F)cc3)C(C=N)CC21C)NC(=O)C(CC)CC. The molecule has 0 spiro atoms. The van der Waals surface area contributed by atoms with Gasteiger partial charge in [0.05, 0.1) is 5.69 Å². The monoisotopic (exact) mass is 453 g/mol. The summed E-state index contributed by atoms with van der Waals surface area (Å²) in [6, 6.07) is 6.43. The maximum absolute atomic E-state index is 13.3. The summed E-state index contributed by atoms with van der Waals surface area (Å²) in [4.78, 5) is 17.5. The van der Waals surface area contributed by atoms with Gasteiger partial charge >= 0.3 is 0 Å². The quantitative estimate of drug-likeness (QED) is 0.367. The van der Waals surface area contributed by atoms with Crippen LogP contribution in [0.15, 0.2) is 40.9 Å². The summed E-state index contributed by atoms with van der Waals surface area (Å²) in [5, 5.41) is 11.4. The van der Waals surface area contributed by atoms with Crippen LogP contribution in [0.2, 0.25) is 0 Å². The third-order valence-corrected chi connectivity index (χ3v) is 7.94. The molecule has 1 saturated carbocycles. The van der Waals surface area contributed by atoms with Gasteiger partial charge in [-0.05, 0) is 86.6 Å². The van der Waals surface area contributed by atoms with Crippen LogP contribution in [0.1, 0.15) is 79.1 Å². The minimum absolute atomic E-state index is 0.0235. The van der Waals surface area contributed by atoms with Crippen LogP contribution in [0, 0.1) is 34.4 Å². The highest BCUT2D eigenvalue weighted by Crippen LogP contribution is 2.55. The van der Waals surface area contributed by atoms with E-state index in [0.29, 0.717) is 5.92 Å². The molecule has 1 aromatic carbocycles. The molecular formula is C28H40FN3O. The van der Waals surface area contributed by atoms with E-state index in [4.69, 9.17) is 10.4 Å². The zero-order valence-corrected chi connectivity index (χ0v) is 20.7. The first-order valence-corrected chi connectivity index (χ1v) is 12.7. The zero-order valence-electron chi connectivity index (χ0n) is 20.7. The third-order valence-electron chi connectivity index (χ3n) is 7.94. The van der Waals surface area contributed by atoms with Gasteiger partial charge in [0.2, 0.25) is 5.91 Å². The van der Waals surface area contributed by atoms with Crippen LogP contribution >= 0.6 is 0 Å². The highest BCUT2D eigenvalue weighted by Gasteiger charge is 2.47. The number of benzene rings is 1. The van der Waals surface area contributed by atoms with Gasteiger partial charge in [-0.1, -0.05) is 39.7 Å². The lowest BCUT2D eigenvalue weighted by atomic mass is 9.65. The Morgan fingerprint density at radius 2 is 1.97 bits per heavy atom. The lowest BCUT2D eigenvalue weighted by Gasteiger charge is -2.40. The fourth-order valence-electron chi connectivity index (χ4n) is 5.80. The standard InChI is InChI=1S/C28H40FN3O/c1-5-8-25(32-27(33)19(6-2)7-3)15-21-9-10-22-16-26(20(18-30)17-28(21,22)4)31-24-13-11-23(29)12-14-24/h11-14,16,18-21,25,30H,5-10,15,17H2,1-4H3,(H,32,33). The molecular weight excluding hydrogens is 413 g/mol. The second-order valence-corrected chi connectivity index (χ2v) is 10.1. The third kappa shape index (κ3) is 5.80. The van der Waals surface area contributed by atoms with E-state index in [1.807, 2.05) is 0 Å². The smallest absolute Gasteiger partial charge is 0.223 e. The summed E-state index contributed by atoms with van der Waals surface area (Å²) in [7, 11) is 0. The average molecular weight is 454 g/mol. The molecule has 2 aliphatic rings. The normalized spacial score (nSPS) is 26.7. The van der Waals surface area contributed by atoms with Gasteiger partial charge in [0.15, 0.2) is 0 Å². The summed E-state index contributed by atoms with van der Waals surface area (Å²) in [5.74, 6) is 0.465. The molecule has 0 saturated heterocycles. The molecule has 33 heavy (non-hydrogen) atoms. The molecule has 180 valence electrons. The van der Waals surface area contributed by atoms with E-state index in [0.717, 1.165) is 62.8 Å². The fourth-order valence-corrected chi connectivity index (χ4v) is 5.80. The van der Waals surface area contributed by atoms with Crippen molar-refractivity contribution >= 4 is 23.5 Å². The Balaban J connectivity index is 1.80. The molecule has 1 fully saturated rings. The highest BCUT2D eigenvalue weighted by atomic mass is 19.1. The van der Waals surface area contributed by atoms with Crippen LogP contribution in [-0.2, 0) is 4.79 Å². The van der Waals surface area contributed by atoms with Crippen LogP contribution < -0.4 is 5.32 Å². The number of carbonyl (C=O) groups is 1. The molecule has 4 nitrogen and oxygen atoms in total. The van der Waals surface area contributed by atoms with Gasteiger partial charge in [-0.2, -0.15) is 0 Å². The predicted octanol–water partition coefficient (Wildman–Crippen LogP) is 7.02. The summed E-state index contributed by atoms with van der Waals surface area (Å²) in [6.07, 6.45) is 11.5. The van der Waals surface area contributed by atoms with Crippen LogP contribution in [-0.4, -0.2) is 23.9 Å². The van der Waals surface area contributed by atoms with E-state index in [1.54, 1.807) is 12.1 Å². The summed E-state index contributed by atoms with van der Waals surface area (Å²) < 4.78 is 13.3. The number of hydrogen-bond acceptors (Lipinski definition) is 3. The fraction of sp³-hybridized carbons (Fsp3) is 0.607. The van der Waals surface area contributed by atoms with Crippen LogP contribution in [0.3, 0.4) is 0 Å². The van der Waals surface area contributed by atoms with Crippen LogP contribution in [0.4, 0.5) is 10.1 Å². The molecule has 4 atom stereocenters. The number of halogens is 1. The van der Waals surface area contributed by atoms with E-state index in [-0.39, 0.29) is 35.0 Å². The molecule has 2 aliphatic carbocycles. The molecule has 0 heterocycles. The summed E-state index contributed by atoms with van der Waals surface area (Å²) in [5.41, 5.74) is 3.06. The van der Waals surface area contributed by atoms with Crippen molar-refractivity contribution in [3.05, 3.63) is 41.7 Å². The van der Waals surface area contributed by atoms with Gasteiger partial charge in [-0.25, -0.2) is 4.39 Å². The van der Waals surface area contributed by atoms with Gasteiger partial charge in [0.25, 0.3) is 0 Å². The van der Waals surface area contributed by atoms with Crippen molar-refractivity contribution in [1.29, 1.82) is 5.41 Å². The van der Waals surface area contributed by atoms with Gasteiger partial charge < -0.3 is 10.7 Å². The number of aliphatic imine (C=N–C) groups is 1. The van der Waals surface area contributed by atoms with Crippen molar-refractivity contribution < 1.29 is 9.18 Å². The van der Waals surface area contributed by atoms with E-state index >= 15 is 0 Å². The first-order valence-electron chi connectivity index (χ1n) is 12.7. The second-order valence-electron chi connectivity index (χ2n) is 10.1. The number of allylic oxidation sites excluding steroid dienone is 2. The lowest BCUT2D eigenvalue weighted by Crippen LogP contribution is -2.42. The van der Waals surface area contributed by atoms with Crippen LogP contribution in [0.25, 0.3) is 0 Å². The lowest BCUT2D eigenvalue weighted by molar-refractivity contribution is -0.126. The molecule has 2 N–H and O–H groups in total. The number of hydrogen-bond donors (Lipinski definition) is 2. The number of nitrogens with one attached hydrogen (secondary N) is 2. The van der Waals surface area contributed by atoms with Crippen molar-refractivity contribution in [2.24, 2.45) is 28.2 Å². The molecule has 0 bridgehead atoms. The maximum Gasteiger partial charge on any atom is 0.223 e. The Morgan fingerprint density at radius 1 is 1.27 bits per heavy atom. The topological polar surface area (TPSA) is 65.3 Å².